The van der Waals surface area contributed by atoms with Crippen LogP contribution in [0.4, 0.5) is 0 Å². The summed E-state index contributed by atoms with van der Waals surface area (Å²) in [6.07, 6.45) is 1.96. The third-order valence-corrected chi connectivity index (χ3v) is 7.20. The summed E-state index contributed by atoms with van der Waals surface area (Å²) in [7, 11) is -2.77. The van der Waals surface area contributed by atoms with Gasteiger partial charge in [-0.05, 0) is 37.0 Å². The molecule has 1 aromatic carbocycles. The SMILES string of the molecule is COC(=O)c1cc(Cl)cc(S(=O)(=O)N2C[C@@H]3CCC[C@@]3(C(=O)O)C2)c1. The van der Waals surface area contributed by atoms with Crippen LogP contribution < -0.4 is 0 Å². The molecule has 7 nitrogen and oxygen atoms in total. The number of sulfonamides is 1. The molecule has 0 aromatic heterocycles. The summed E-state index contributed by atoms with van der Waals surface area (Å²) in [5, 5.41) is 9.71. The molecule has 3 rings (SSSR count). The van der Waals surface area contributed by atoms with E-state index in [1.165, 1.54) is 29.6 Å². The highest BCUT2D eigenvalue weighted by Crippen LogP contribution is 2.50. The Hall–Kier alpha value is -1.64. The number of carbonyl (C=O) groups excluding carboxylic acids is 1. The maximum atomic E-state index is 13.0. The van der Waals surface area contributed by atoms with Crippen LogP contribution in [0.2, 0.25) is 5.02 Å². The summed E-state index contributed by atoms with van der Waals surface area (Å²) in [5.74, 6) is -1.84. The number of carboxylic acid groups (broad SMARTS) is 1. The number of methoxy groups -OCH3 is 1. The molecule has 25 heavy (non-hydrogen) atoms. The van der Waals surface area contributed by atoms with Crippen molar-refractivity contribution in [1.29, 1.82) is 0 Å². The second-order valence-electron chi connectivity index (χ2n) is 6.52. The Kier molecular flexibility index (Phi) is 4.55. The Balaban J connectivity index is 1.97. The molecular weight excluding hydrogens is 370 g/mol. The van der Waals surface area contributed by atoms with Gasteiger partial charge in [0.15, 0.2) is 0 Å². The van der Waals surface area contributed by atoms with Crippen LogP contribution in [0, 0.1) is 11.3 Å². The van der Waals surface area contributed by atoms with Crippen molar-refractivity contribution < 1.29 is 27.9 Å². The zero-order chi connectivity index (χ0) is 18.4. The standard InChI is InChI=1S/C16H18ClNO6S/c1-24-14(19)10-5-12(17)7-13(6-10)25(22,23)18-8-11-3-2-4-16(11,9-18)15(20)21/h5-7,11H,2-4,8-9H2,1H3,(H,20,21)/t11-,16+/m0/s1. The van der Waals surface area contributed by atoms with Crippen LogP contribution in [0.5, 0.6) is 0 Å². The predicted molar refractivity (Wildman–Crippen MR) is 89.0 cm³/mol. The minimum absolute atomic E-state index is 0.0286. The lowest BCUT2D eigenvalue weighted by Crippen LogP contribution is -2.37. The van der Waals surface area contributed by atoms with Gasteiger partial charge in [0.05, 0.1) is 23.0 Å². The van der Waals surface area contributed by atoms with E-state index in [1.54, 1.807) is 0 Å². The molecule has 0 radical (unpaired) electrons. The second-order valence-corrected chi connectivity index (χ2v) is 8.89. The molecule has 1 aromatic rings. The first-order valence-electron chi connectivity index (χ1n) is 7.83. The predicted octanol–water partition coefficient (Wildman–Crippen LogP) is 2.00. The van der Waals surface area contributed by atoms with Crippen molar-refractivity contribution in [2.45, 2.75) is 24.2 Å². The smallest absolute Gasteiger partial charge is 0.337 e. The second kappa shape index (κ2) is 6.26. The molecule has 1 aliphatic heterocycles. The Morgan fingerprint density at radius 1 is 1.36 bits per heavy atom. The van der Waals surface area contributed by atoms with Crippen molar-refractivity contribution >= 4 is 33.6 Å². The van der Waals surface area contributed by atoms with Gasteiger partial charge in [-0.2, -0.15) is 4.31 Å². The first-order chi connectivity index (χ1) is 11.7. The third kappa shape index (κ3) is 2.92. The van der Waals surface area contributed by atoms with Crippen molar-refractivity contribution in [1.82, 2.24) is 4.31 Å². The zero-order valence-corrected chi connectivity index (χ0v) is 15.1. The lowest BCUT2D eigenvalue weighted by atomic mass is 9.81. The van der Waals surface area contributed by atoms with E-state index in [4.69, 9.17) is 11.6 Å². The molecular formula is C16H18ClNO6S. The lowest BCUT2D eigenvalue weighted by molar-refractivity contribution is -0.149. The molecule has 2 atom stereocenters. The van der Waals surface area contributed by atoms with E-state index in [0.29, 0.717) is 12.8 Å². The fraction of sp³-hybridized carbons (Fsp3) is 0.500. The molecule has 136 valence electrons. The number of ether oxygens (including phenoxy) is 1. The number of carboxylic acids is 1. The lowest BCUT2D eigenvalue weighted by Gasteiger charge is -2.23. The van der Waals surface area contributed by atoms with E-state index in [2.05, 4.69) is 4.74 Å². The molecule has 0 amide bonds. The maximum absolute atomic E-state index is 13.0. The minimum Gasteiger partial charge on any atom is -0.481 e. The van der Waals surface area contributed by atoms with Gasteiger partial charge in [-0.15, -0.1) is 0 Å². The highest BCUT2D eigenvalue weighted by Gasteiger charge is 2.57. The Labute approximate surface area is 150 Å². The number of esters is 1. The van der Waals surface area contributed by atoms with E-state index >= 15 is 0 Å². The van der Waals surface area contributed by atoms with Gasteiger partial charge < -0.3 is 9.84 Å². The molecule has 1 heterocycles. The fourth-order valence-electron chi connectivity index (χ4n) is 3.87. The normalized spacial score (nSPS) is 26.4. The van der Waals surface area contributed by atoms with Crippen LogP contribution >= 0.6 is 11.6 Å². The Morgan fingerprint density at radius 3 is 2.68 bits per heavy atom. The van der Waals surface area contributed by atoms with E-state index in [0.717, 1.165) is 6.42 Å². The van der Waals surface area contributed by atoms with Gasteiger partial charge in [-0.1, -0.05) is 18.0 Å². The molecule has 1 saturated heterocycles. The number of aliphatic carboxylic acids is 1. The molecule has 2 fully saturated rings. The topological polar surface area (TPSA) is 101 Å². The van der Waals surface area contributed by atoms with Gasteiger partial charge >= 0.3 is 11.9 Å². The van der Waals surface area contributed by atoms with Crippen molar-refractivity contribution in [3.63, 3.8) is 0 Å². The summed E-state index contributed by atoms with van der Waals surface area (Å²) in [4.78, 5) is 23.3. The van der Waals surface area contributed by atoms with E-state index in [-0.39, 0.29) is 34.5 Å². The van der Waals surface area contributed by atoms with Crippen LogP contribution in [0.15, 0.2) is 23.1 Å². The summed E-state index contributed by atoms with van der Waals surface area (Å²) in [6, 6.07) is 3.78. The number of rotatable bonds is 4. The van der Waals surface area contributed by atoms with Crippen molar-refractivity contribution in [2.24, 2.45) is 11.3 Å². The van der Waals surface area contributed by atoms with Crippen LogP contribution in [0.3, 0.4) is 0 Å². The van der Waals surface area contributed by atoms with Gasteiger partial charge in [0.1, 0.15) is 0 Å². The van der Waals surface area contributed by atoms with E-state index in [1.807, 2.05) is 0 Å². The first-order valence-corrected chi connectivity index (χ1v) is 9.65. The van der Waals surface area contributed by atoms with Crippen molar-refractivity contribution in [3.8, 4) is 0 Å². The molecule has 1 saturated carbocycles. The van der Waals surface area contributed by atoms with Crippen LogP contribution in [-0.2, 0) is 19.6 Å². The van der Waals surface area contributed by atoms with Gasteiger partial charge in [0.25, 0.3) is 0 Å². The highest BCUT2D eigenvalue weighted by molar-refractivity contribution is 7.89. The molecule has 1 aliphatic carbocycles. The zero-order valence-electron chi connectivity index (χ0n) is 13.6. The first kappa shape index (κ1) is 18.2. The largest absolute Gasteiger partial charge is 0.481 e. The number of fused-ring (bicyclic) bond motifs is 1. The van der Waals surface area contributed by atoms with Crippen LogP contribution in [0.25, 0.3) is 0 Å². The van der Waals surface area contributed by atoms with Gasteiger partial charge in [0, 0.05) is 18.1 Å². The quantitative estimate of drug-likeness (QED) is 0.793. The molecule has 9 heteroatoms. The minimum atomic E-state index is -3.96. The van der Waals surface area contributed by atoms with E-state index < -0.39 is 27.4 Å². The number of halogens is 1. The average Bonchev–Trinajstić information content (AvgIpc) is 3.12. The number of hydrogen-bond donors (Lipinski definition) is 1. The number of nitrogens with zero attached hydrogens (tertiary/aromatic N) is 1. The number of benzene rings is 1. The summed E-state index contributed by atoms with van der Waals surface area (Å²) >= 11 is 5.95. The van der Waals surface area contributed by atoms with E-state index in [9.17, 15) is 23.1 Å². The molecule has 1 N–H and O–H groups in total. The van der Waals surface area contributed by atoms with Gasteiger partial charge in [-0.25, -0.2) is 13.2 Å². The average molecular weight is 388 g/mol. The summed E-state index contributed by atoms with van der Waals surface area (Å²) in [5.41, 5.74) is -0.988. The van der Waals surface area contributed by atoms with Gasteiger partial charge in [-0.3, -0.25) is 4.79 Å². The molecule has 0 spiro atoms. The molecule has 0 bridgehead atoms. The third-order valence-electron chi connectivity index (χ3n) is 5.20. The molecule has 0 unspecified atom stereocenters. The highest BCUT2D eigenvalue weighted by atomic mass is 35.5. The number of carbonyl (C=O) groups is 2. The summed E-state index contributed by atoms with van der Waals surface area (Å²) < 4.78 is 31.7. The maximum Gasteiger partial charge on any atom is 0.337 e. The number of hydrogen-bond acceptors (Lipinski definition) is 5. The molecule has 2 aliphatic rings. The van der Waals surface area contributed by atoms with Crippen molar-refractivity contribution in [3.05, 3.63) is 28.8 Å². The van der Waals surface area contributed by atoms with Gasteiger partial charge in [0.2, 0.25) is 10.0 Å². The van der Waals surface area contributed by atoms with Crippen molar-refractivity contribution in [2.75, 3.05) is 20.2 Å². The van der Waals surface area contributed by atoms with Crippen LogP contribution in [0.1, 0.15) is 29.6 Å². The monoisotopic (exact) mass is 387 g/mol. The summed E-state index contributed by atoms with van der Waals surface area (Å²) in [6.45, 7) is 0.101. The Bertz CT molecular complexity index is 839. The fourth-order valence-corrected chi connectivity index (χ4v) is 5.80. The van der Waals surface area contributed by atoms with Crippen LogP contribution in [-0.4, -0.2) is 50.0 Å². The Morgan fingerprint density at radius 2 is 2.08 bits per heavy atom.